The zero-order valence-corrected chi connectivity index (χ0v) is 11.2. The maximum Gasteiger partial charge on any atom is 0.198 e. The Hall–Kier alpha value is -2.08. The summed E-state index contributed by atoms with van der Waals surface area (Å²) in [6.07, 6.45) is 2.40. The summed E-state index contributed by atoms with van der Waals surface area (Å²) in [6, 6.07) is 5.87. The number of nitrogens with zero attached hydrogens (tertiary/aromatic N) is 2. The quantitative estimate of drug-likeness (QED) is 0.739. The summed E-state index contributed by atoms with van der Waals surface area (Å²) in [6.45, 7) is 4.61. The maximum atomic E-state index is 5.52. The van der Waals surface area contributed by atoms with Crippen molar-refractivity contribution in [1.29, 1.82) is 0 Å². The molecule has 2 aromatic rings. The third-order valence-corrected chi connectivity index (χ3v) is 2.65. The largest absolute Gasteiger partial charge is 0.446 e. The van der Waals surface area contributed by atoms with Crippen molar-refractivity contribution >= 4 is 17.5 Å². The minimum atomic E-state index is 0.276. The molecule has 0 aromatic carbocycles. The summed E-state index contributed by atoms with van der Waals surface area (Å²) in [5.74, 6) is 2.97. The predicted octanol–water partition coefficient (Wildman–Crippen LogP) is 2.27. The smallest absolute Gasteiger partial charge is 0.198 e. The van der Waals surface area contributed by atoms with Crippen molar-refractivity contribution in [3.05, 3.63) is 30.3 Å². The van der Waals surface area contributed by atoms with Crippen molar-refractivity contribution in [3.8, 4) is 0 Å². The Morgan fingerprint density at radius 3 is 2.79 bits per heavy atom. The Morgan fingerprint density at radius 1 is 1.32 bits per heavy atom. The molecule has 2 aromatic heterocycles. The van der Waals surface area contributed by atoms with Gasteiger partial charge < -0.3 is 20.8 Å². The Balaban J connectivity index is 2.02. The van der Waals surface area contributed by atoms with E-state index in [1.165, 1.54) is 6.33 Å². The van der Waals surface area contributed by atoms with Crippen molar-refractivity contribution in [2.24, 2.45) is 5.73 Å². The molecule has 0 bridgehead atoms. The van der Waals surface area contributed by atoms with Gasteiger partial charge in [-0.15, -0.1) is 0 Å². The second kappa shape index (κ2) is 6.19. The van der Waals surface area contributed by atoms with Crippen molar-refractivity contribution in [3.63, 3.8) is 0 Å². The van der Waals surface area contributed by atoms with Gasteiger partial charge in [-0.25, -0.2) is 9.97 Å². The summed E-state index contributed by atoms with van der Waals surface area (Å²) in [4.78, 5) is 8.33. The minimum Gasteiger partial charge on any atom is -0.446 e. The van der Waals surface area contributed by atoms with Crippen LogP contribution in [0.4, 0.5) is 17.5 Å². The van der Waals surface area contributed by atoms with Gasteiger partial charge in [-0.1, -0.05) is 0 Å². The standard InChI is InChI=1S/C13H19N5O/c1-9(5-6-14)17-11-7-12(16-8-15-11)18-13-4-3-10(2)19-13/h3-4,7-9H,5-6,14H2,1-2H3,(H2,15,16,17,18). The predicted molar refractivity (Wildman–Crippen MR) is 75.5 cm³/mol. The molecule has 1 unspecified atom stereocenters. The lowest BCUT2D eigenvalue weighted by atomic mass is 10.2. The van der Waals surface area contributed by atoms with Crippen LogP contribution in [-0.4, -0.2) is 22.6 Å². The molecule has 102 valence electrons. The molecule has 19 heavy (non-hydrogen) atoms. The van der Waals surface area contributed by atoms with Crippen LogP contribution in [0.5, 0.6) is 0 Å². The number of nitrogens with one attached hydrogen (secondary N) is 2. The van der Waals surface area contributed by atoms with Crippen LogP contribution in [0.3, 0.4) is 0 Å². The fourth-order valence-corrected chi connectivity index (χ4v) is 1.71. The number of aryl methyl sites for hydroxylation is 1. The fraction of sp³-hybridized carbons (Fsp3) is 0.385. The van der Waals surface area contributed by atoms with Gasteiger partial charge in [0.25, 0.3) is 0 Å². The summed E-state index contributed by atoms with van der Waals surface area (Å²) >= 11 is 0. The fourth-order valence-electron chi connectivity index (χ4n) is 1.71. The van der Waals surface area contributed by atoms with Crippen molar-refractivity contribution in [2.45, 2.75) is 26.3 Å². The van der Waals surface area contributed by atoms with Gasteiger partial charge in [0, 0.05) is 18.2 Å². The van der Waals surface area contributed by atoms with E-state index in [0.717, 1.165) is 18.0 Å². The van der Waals surface area contributed by atoms with E-state index in [2.05, 4.69) is 27.5 Å². The lowest BCUT2D eigenvalue weighted by Crippen LogP contribution is -2.20. The Bertz CT molecular complexity index is 525. The molecule has 4 N–H and O–H groups in total. The molecule has 0 aliphatic rings. The number of nitrogens with two attached hydrogens (primary N) is 1. The number of hydrogen-bond donors (Lipinski definition) is 3. The Kier molecular flexibility index (Phi) is 4.35. The monoisotopic (exact) mass is 261 g/mol. The Morgan fingerprint density at radius 2 is 2.11 bits per heavy atom. The molecular weight excluding hydrogens is 242 g/mol. The Labute approximate surface area is 112 Å². The van der Waals surface area contributed by atoms with Gasteiger partial charge in [-0.2, -0.15) is 0 Å². The summed E-state index contributed by atoms with van der Waals surface area (Å²) in [5.41, 5.74) is 5.52. The highest BCUT2D eigenvalue weighted by molar-refractivity contribution is 5.54. The molecule has 0 fully saturated rings. The maximum absolute atomic E-state index is 5.52. The first-order valence-corrected chi connectivity index (χ1v) is 6.29. The molecule has 0 aliphatic heterocycles. The van der Waals surface area contributed by atoms with E-state index in [1.807, 2.05) is 25.1 Å². The van der Waals surface area contributed by atoms with Crippen LogP contribution >= 0.6 is 0 Å². The summed E-state index contributed by atoms with van der Waals surface area (Å²) in [5, 5.41) is 6.36. The molecular formula is C13H19N5O. The molecule has 0 radical (unpaired) electrons. The zero-order valence-electron chi connectivity index (χ0n) is 11.2. The molecule has 2 heterocycles. The number of rotatable bonds is 6. The summed E-state index contributed by atoms with van der Waals surface area (Å²) in [7, 11) is 0. The first-order valence-electron chi connectivity index (χ1n) is 6.29. The van der Waals surface area contributed by atoms with E-state index in [9.17, 15) is 0 Å². The first-order chi connectivity index (χ1) is 9.17. The molecule has 0 saturated heterocycles. The van der Waals surface area contributed by atoms with Gasteiger partial charge in [-0.3, -0.25) is 0 Å². The van der Waals surface area contributed by atoms with Crippen LogP contribution in [0.1, 0.15) is 19.1 Å². The molecule has 2 rings (SSSR count). The van der Waals surface area contributed by atoms with Crippen molar-refractivity contribution in [1.82, 2.24) is 9.97 Å². The normalized spacial score (nSPS) is 12.2. The summed E-state index contributed by atoms with van der Waals surface area (Å²) < 4.78 is 5.44. The zero-order chi connectivity index (χ0) is 13.7. The topological polar surface area (TPSA) is 89.0 Å². The van der Waals surface area contributed by atoms with Crippen LogP contribution in [0, 0.1) is 6.92 Å². The van der Waals surface area contributed by atoms with Gasteiger partial charge in [0.1, 0.15) is 23.7 Å². The van der Waals surface area contributed by atoms with Crippen LogP contribution in [0.2, 0.25) is 0 Å². The van der Waals surface area contributed by atoms with Crippen LogP contribution in [0.25, 0.3) is 0 Å². The number of anilines is 3. The highest BCUT2D eigenvalue weighted by Crippen LogP contribution is 2.18. The van der Waals surface area contributed by atoms with Crippen LogP contribution in [0.15, 0.2) is 28.9 Å². The SMILES string of the molecule is Cc1ccc(Nc2cc(NC(C)CCN)ncn2)o1. The van der Waals surface area contributed by atoms with Gasteiger partial charge in [0.15, 0.2) is 5.88 Å². The third-order valence-electron chi connectivity index (χ3n) is 2.65. The lowest BCUT2D eigenvalue weighted by molar-refractivity contribution is 0.551. The molecule has 0 amide bonds. The number of hydrogen-bond acceptors (Lipinski definition) is 6. The average Bonchev–Trinajstić information content (AvgIpc) is 2.75. The first kappa shape index (κ1) is 13.4. The average molecular weight is 261 g/mol. The van der Waals surface area contributed by atoms with Gasteiger partial charge in [0.05, 0.1) is 0 Å². The van der Waals surface area contributed by atoms with Gasteiger partial charge in [-0.05, 0) is 32.9 Å². The molecule has 0 aliphatic carbocycles. The highest BCUT2D eigenvalue weighted by atomic mass is 16.4. The van der Waals surface area contributed by atoms with Gasteiger partial charge in [0.2, 0.25) is 0 Å². The van der Waals surface area contributed by atoms with Gasteiger partial charge >= 0.3 is 0 Å². The second-order valence-electron chi connectivity index (χ2n) is 4.45. The molecule has 1 atom stereocenters. The van der Waals surface area contributed by atoms with Crippen molar-refractivity contribution in [2.75, 3.05) is 17.2 Å². The van der Waals surface area contributed by atoms with E-state index in [-0.39, 0.29) is 6.04 Å². The second-order valence-corrected chi connectivity index (χ2v) is 4.45. The third kappa shape index (κ3) is 3.96. The minimum absolute atomic E-state index is 0.276. The van der Waals surface area contributed by atoms with E-state index in [4.69, 9.17) is 10.2 Å². The molecule has 6 heteroatoms. The number of aromatic nitrogens is 2. The lowest BCUT2D eigenvalue weighted by Gasteiger charge is -2.13. The van der Waals surface area contributed by atoms with Crippen LogP contribution in [-0.2, 0) is 0 Å². The van der Waals surface area contributed by atoms with E-state index >= 15 is 0 Å². The van der Waals surface area contributed by atoms with E-state index in [0.29, 0.717) is 18.2 Å². The van der Waals surface area contributed by atoms with E-state index in [1.54, 1.807) is 0 Å². The van der Waals surface area contributed by atoms with Crippen molar-refractivity contribution < 1.29 is 4.42 Å². The molecule has 0 spiro atoms. The van der Waals surface area contributed by atoms with Crippen LogP contribution < -0.4 is 16.4 Å². The highest BCUT2D eigenvalue weighted by Gasteiger charge is 2.05. The van der Waals surface area contributed by atoms with E-state index < -0.39 is 0 Å². The number of furan rings is 1. The molecule has 6 nitrogen and oxygen atoms in total. The molecule has 0 saturated carbocycles.